The Morgan fingerprint density at radius 1 is 0.895 bits per heavy atom. The molecule has 2 heterocycles. The first-order chi connectivity index (χ1) is 18.0. The van der Waals surface area contributed by atoms with Crippen molar-refractivity contribution in [2.75, 3.05) is 6.54 Å². The minimum atomic E-state index is -5.08. The minimum absolute atomic E-state index is 0.00598. The third-order valence-electron chi connectivity index (χ3n) is 5.72. The van der Waals surface area contributed by atoms with Crippen molar-refractivity contribution >= 4 is 28.8 Å². The van der Waals surface area contributed by atoms with E-state index in [1.165, 1.54) is 30.3 Å². The van der Waals surface area contributed by atoms with Crippen molar-refractivity contribution in [2.24, 2.45) is 0 Å². The van der Waals surface area contributed by atoms with Crippen LogP contribution in [0.3, 0.4) is 0 Å². The van der Waals surface area contributed by atoms with E-state index in [-0.39, 0.29) is 28.0 Å². The van der Waals surface area contributed by atoms with Crippen molar-refractivity contribution in [1.82, 2.24) is 4.90 Å². The topological polar surface area (TPSA) is 103 Å². The highest BCUT2D eigenvalue weighted by molar-refractivity contribution is 6.22. The van der Waals surface area contributed by atoms with Crippen LogP contribution < -0.4 is 14.9 Å². The summed E-state index contributed by atoms with van der Waals surface area (Å²) < 4.78 is 56.7. The minimum Gasteiger partial charge on any atom is -0.449 e. The first-order valence-electron chi connectivity index (χ1n) is 11.1. The lowest BCUT2D eigenvalue weighted by atomic mass is 10.1. The molecule has 3 aromatic carbocycles. The predicted octanol–water partition coefficient (Wildman–Crippen LogP) is 5.11. The molecule has 1 aliphatic rings. The Morgan fingerprint density at radius 2 is 1.50 bits per heavy atom. The Bertz CT molecular complexity index is 1640. The van der Waals surface area contributed by atoms with Crippen molar-refractivity contribution in [3.05, 3.63) is 99.4 Å². The number of fused-ring (bicyclic) bond motifs is 2. The average molecular weight is 523 g/mol. The molecule has 4 aromatic rings. The Balaban J connectivity index is 1.42. The highest BCUT2D eigenvalue weighted by Crippen LogP contribution is 2.38. The van der Waals surface area contributed by atoms with Crippen molar-refractivity contribution in [3.63, 3.8) is 0 Å². The predicted molar refractivity (Wildman–Crippen MR) is 126 cm³/mol. The number of amides is 2. The molecule has 8 nitrogen and oxygen atoms in total. The molecule has 1 aromatic heterocycles. The normalized spacial score (nSPS) is 13.1. The van der Waals surface area contributed by atoms with Crippen LogP contribution in [0.5, 0.6) is 17.2 Å². The molecule has 0 N–H and O–H groups in total. The second-order valence-corrected chi connectivity index (χ2v) is 8.38. The molecule has 0 spiro atoms. The second-order valence-electron chi connectivity index (χ2n) is 8.38. The average Bonchev–Trinajstić information content (AvgIpc) is 3.11. The fourth-order valence-electron chi connectivity index (χ4n) is 3.90. The van der Waals surface area contributed by atoms with Crippen LogP contribution in [-0.4, -0.2) is 29.2 Å². The van der Waals surface area contributed by atoms with Crippen LogP contribution in [0.4, 0.5) is 13.2 Å². The zero-order valence-corrected chi connectivity index (χ0v) is 19.5. The van der Waals surface area contributed by atoms with Gasteiger partial charge in [0.2, 0.25) is 11.2 Å². The summed E-state index contributed by atoms with van der Waals surface area (Å²) in [5.41, 5.74) is -0.473. The summed E-state index contributed by atoms with van der Waals surface area (Å²) in [5.74, 6) is -5.34. The number of nitrogens with zero attached hydrogens (tertiary/aromatic N) is 1. The molecule has 0 saturated heterocycles. The first kappa shape index (κ1) is 24.8. The molecule has 0 fully saturated rings. The number of alkyl halides is 3. The maximum Gasteiger partial charge on any atom is 0.453 e. The van der Waals surface area contributed by atoms with Gasteiger partial charge < -0.3 is 13.9 Å². The van der Waals surface area contributed by atoms with Crippen LogP contribution in [0, 0.1) is 6.92 Å². The fourth-order valence-corrected chi connectivity index (χ4v) is 3.90. The molecule has 0 bridgehead atoms. The zero-order chi connectivity index (χ0) is 27.2. The van der Waals surface area contributed by atoms with Gasteiger partial charge in [-0.05, 0) is 43.3 Å². The van der Waals surface area contributed by atoms with E-state index < -0.39 is 53.0 Å². The van der Waals surface area contributed by atoms with Crippen molar-refractivity contribution in [3.8, 4) is 17.2 Å². The molecule has 0 radical (unpaired) electrons. The molecule has 0 atom stereocenters. The SMILES string of the molecule is Cc1ccc(Oc2c(C(F)(F)F)oc3cc(OC(=O)CN4C(=O)c5ccccc5C4=O)ccc3c2=O)cc1. The molecule has 5 rings (SSSR count). The van der Waals surface area contributed by atoms with Crippen LogP contribution in [0.25, 0.3) is 11.0 Å². The standard InChI is InChI=1S/C27H16F3NO7/c1-14-6-8-15(9-7-14)37-23-22(33)19-11-10-16(12-20(19)38-24(23)27(28,29)30)36-21(32)13-31-25(34)17-4-2-3-5-18(17)26(31)35/h2-12H,13H2,1H3. The van der Waals surface area contributed by atoms with E-state index in [9.17, 15) is 32.3 Å². The number of aryl methyl sites for hydroxylation is 1. The van der Waals surface area contributed by atoms with Crippen LogP contribution in [0.2, 0.25) is 0 Å². The fraction of sp³-hybridized carbons (Fsp3) is 0.111. The Labute approximate surface area is 211 Å². The summed E-state index contributed by atoms with van der Waals surface area (Å²) in [6, 6.07) is 15.3. The molecule has 0 aliphatic carbocycles. The van der Waals surface area contributed by atoms with Gasteiger partial charge >= 0.3 is 12.1 Å². The smallest absolute Gasteiger partial charge is 0.449 e. The molecule has 1 aliphatic heterocycles. The summed E-state index contributed by atoms with van der Waals surface area (Å²) in [6.45, 7) is 1.05. The van der Waals surface area contributed by atoms with Crippen molar-refractivity contribution < 1.29 is 41.4 Å². The highest BCUT2D eigenvalue weighted by Gasteiger charge is 2.41. The van der Waals surface area contributed by atoms with E-state index in [0.717, 1.165) is 17.7 Å². The highest BCUT2D eigenvalue weighted by atomic mass is 19.4. The molecule has 2 amide bonds. The lowest BCUT2D eigenvalue weighted by Crippen LogP contribution is -2.36. The van der Waals surface area contributed by atoms with E-state index >= 15 is 0 Å². The van der Waals surface area contributed by atoms with Crippen LogP contribution >= 0.6 is 0 Å². The number of benzene rings is 3. The molecular weight excluding hydrogens is 507 g/mol. The maximum absolute atomic E-state index is 13.8. The monoisotopic (exact) mass is 523 g/mol. The van der Waals surface area contributed by atoms with Crippen molar-refractivity contribution in [1.29, 1.82) is 0 Å². The van der Waals surface area contributed by atoms with E-state index in [4.69, 9.17) is 13.9 Å². The first-order valence-corrected chi connectivity index (χ1v) is 11.1. The summed E-state index contributed by atoms with van der Waals surface area (Å²) >= 11 is 0. The summed E-state index contributed by atoms with van der Waals surface area (Å²) in [7, 11) is 0. The van der Waals surface area contributed by atoms with E-state index in [2.05, 4.69) is 0 Å². The number of carbonyl (C=O) groups excluding carboxylic acids is 3. The quantitative estimate of drug-likeness (QED) is 0.203. The van der Waals surface area contributed by atoms with Crippen LogP contribution in [-0.2, 0) is 11.0 Å². The van der Waals surface area contributed by atoms with Crippen LogP contribution in [0.1, 0.15) is 32.0 Å². The number of hydrogen-bond donors (Lipinski definition) is 0. The number of hydrogen-bond acceptors (Lipinski definition) is 7. The summed E-state index contributed by atoms with van der Waals surface area (Å²) in [5, 5.41) is -0.250. The number of imide groups is 1. The molecule has 0 saturated carbocycles. The third-order valence-corrected chi connectivity index (χ3v) is 5.72. The Morgan fingerprint density at radius 3 is 2.11 bits per heavy atom. The van der Waals surface area contributed by atoms with Crippen molar-refractivity contribution in [2.45, 2.75) is 13.1 Å². The van der Waals surface area contributed by atoms with Gasteiger partial charge in [0.15, 0.2) is 0 Å². The van der Waals surface area contributed by atoms with E-state index in [1.807, 2.05) is 0 Å². The molecule has 0 unspecified atom stereocenters. The van der Waals surface area contributed by atoms with Gasteiger partial charge in [-0.15, -0.1) is 0 Å². The van der Waals surface area contributed by atoms with Gasteiger partial charge in [-0.3, -0.25) is 19.3 Å². The van der Waals surface area contributed by atoms with Gasteiger partial charge in [0, 0.05) is 6.07 Å². The maximum atomic E-state index is 13.8. The third kappa shape index (κ3) is 4.49. The lowest BCUT2D eigenvalue weighted by molar-refractivity contribution is -0.154. The summed E-state index contributed by atoms with van der Waals surface area (Å²) in [4.78, 5) is 51.0. The molecule has 38 heavy (non-hydrogen) atoms. The number of rotatable bonds is 5. The Hall–Kier alpha value is -4.93. The second kappa shape index (κ2) is 9.18. The van der Waals surface area contributed by atoms with Gasteiger partial charge in [-0.2, -0.15) is 13.2 Å². The number of esters is 1. The van der Waals surface area contributed by atoms with Gasteiger partial charge in [0.25, 0.3) is 17.6 Å². The number of ether oxygens (including phenoxy) is 2. The van der Waals surface area contributed by atoms with E-state index in [1.54, 1.807) is 31.2 Å². The lowest BCUT2D eigenvalue weighted by Gasteiger charge is -2.14. The van der Waals surface area contributed by atoms with Gasteiger partial charge in [-0.25, -0.2) is 4.79 Å². The van der Waals surface area contributed by atoms with Crippen LogP contribution in [0.15, 0.2) is 75.9 Å². The number of halogens is 3. The van der Waals surface area contributed by atoms with Gasteiger partial charge in [-0.1, -0.05) is 29.8 Å². The van der Waals surface area contributed by atoms with Gasteiger partial charge in [0.05, 0.1) is 16.5 Å². The summed E-state index contributed by atoms with van der Waals surface area (Å²) in [6.07, 6.45) is -5.08. The molecule has 192 valence electrons. The zero-order valence-electron chi connectivity index (χ0n) is 19.5. The largest absolute Gasteiger partial charge is 0.453 e. The Kier molecular flexibility index (Phi) is 5.98. The molecular formula is C27H16F3NO7. The molecule has 11 heteroatoms. The number of carbonyl (C=O) groups is 3. The van der Waals surface area contributed by atoms with Gasteiger partial charge in [0.1, 0.15) is 23.6 Å². The van der Waals surface area contributed by atoms with E-state index in [0.29, 0.717) is 4.90 Å².